The van der Waals surface area contributed by atoms with Gasteiger partial charge in [-0.3, -0.25) is 9.59 Å². The molecule has 0 aliphatic rings. The lowest BCUT2D eigenvalue weighted by molar-refractivity contribution is -0.116. The minimum Gasteiger partial charge on any atom is -0.444 e. The molecule has 0 saturated heterocycles. The zero-order valence-electron chi connectivity index (χ0n) is 18.5. The Labute approximate surface area is 186 Å². The van der Waals surface area contributed by atoms with E-state index in [4.69, 9.17) is 4.74 Å². The summed E-state index contributed by atoms with van der Waals surface area (Å²) < 4.78 is 5.17. The summed E-state index contributed by atoms with van der Waals surface area (Å²) in [7, 11) is 0. The average molecular weight is 437 g/mol. The van der Waals surface area contributed by atoms with E-state index in [2.05, 4.69) is 20.8 Å². The quantitative estimate of drug-likeness (QED) is 0.480. The number of carbonyl (C=O) groups excluding carboxylic acids is 2. The summed E-state index contributed by atoms with van der Waals surface area (Å²) in [6, 6.07) is 14.6. The molecule has 0 spiro atoms. The Bertz CT molecular complexity index is 1160. The number of alkyl carbamates (subject to hydrolysis) is 1. The Morgan fingerprint density at radius 2 is 1.78 bits per heavy atom. The molecule has 0 saturated carbocycles. The summed E-state index contributed by atoms with van der Waals surface area (Å²) in [5.41, 5.74) is 1.31. The van der Waals surface area contributed by atoms with Gasteiger partial charge in [-0.1, -0.05) is 30.3 Å². The number of anilines is 1. The molecule has 0 fully saturated rings. The highest BCUT2D eigenvalue weighted by molar-refractivity contribution is 5.95. The topological polar surface area (TPSA) is 113 Å². The molecule has 1 heterocycles. The van der Waals surface area contributed by atoms with E-state index in [0.29, 0.717) is 42.6 Å². The number of benzene rings is 2. The molecule has 2 aromatic carbocycles. The lowest BCUT2D eigenvalue weighted by Gasteiger charge is -2.19. The van der Waals surface area contributed by atoms with Crippen LogP contribution < -0.4 is 16.2 Å². The third-order valence-corrected chi connectivity index (χ3v) is 4.61. The summed E-state index contributed by atoms with van der Waals surface area (Å²) >= 11 is 0. The van der Waals surface area contributed by atoms with Crippen LogP contribution in [0, 0.1) is 0 Å². The van der Waals surface area contributed by atoms with Gasteiger partial charge in [0.05, 0.1) is 11.1 Å². The van der Waals surface area contributed by atoms with Crippen molar-refractivity contribution in [3.05, 3.63) is 58.9 Å². The molecule has 0 aliphatic carbocycles. The van der Waals surface area contributed by atoms with E-state index in [1.807, 2.05) is 51.1 Å². The van der Waals surface area contributed by atoms with Crippen LogP contribution in [-0.4, -0.2) is 34.3 Å². The van der Waals surface area contributed by atoms with Crippen LogP contribution in [-0.2, 0) is 9.53 Å². The van der Waals surface area contributed by atoms with Crippen LogP contribution in [0.15, 0.2) is 53.3 Å². The van der Waals surface area contributed by atoms with Crippen LogP contribution in [0.4, 0.5) is 10.5 Å². The zero-order chi connectivity index (χ0) is 23.1. The van der Waals surface area contributed by atoms with E-state index >= 15 is 0 Å². The number of hydrogen-bond donors (Lipinski definition) is 3. The number of aromatic amines is 1. The van der Waals surface area contributed by atoms with Crippen LogP contribution in [0.2, 0.25) is 0 Å². The van der Waals surface area contributed by atoms with Gasteiger partial charge in [-0.15, -0.1) is 0 Å². The first kappa shape index (κ1) is 23.0. The molecular formula is C24H28N4O4. The maximum atomic E-state index is 12.3. The summed E-state index contributed by atoms with van der Waals surface area (Å²) in [5.74, 6) is -0.112. The van der Waals surface area contributed by atoms with Crippen LogP contribution in [0.1, 0.15) is 40.0 Å². The standard InChI is InChI=1S/C24H28N4O4/c1-24(2,3)32-23(31)25-14-7-6-13-20(29)26-17-10-8-9-16(15-17)21-18-11-4-5-12-19(18)22(30)28-27-21/h4-5,8-12,15H,6-7,13-14H2,1-3H3,(H,25,31)(H,26,29)(H,28,30). The van der Waals surface area contributed by atoms with Crippen LogP contribution >= 0.6 is 0 Å². The molecule has 3 N–H and O–H groups in total. The molecule has 0 atom stereocenters. The predicted octanol–water partition coefficient (Wildman–Crippen LogP) is 4.22. The van der Waals surface area contributed by atoms with E-state index in [1.165, 1.54) is 0 Å². The molecule has 0 aliphatic heterocycles. The Morgan fingerprint density at radius 3 is 2.53 bits per heavy atom. The summed E-state index contributed by atoms with van der Waals surface area (Å²) in [6.45, 7) is 5.87. The van der Waals surface area contributed by atoms with Crippen molar-refractivity contribution in [3.63, 3.8) is 0 Å². The second-order valence-electron chi connectivity index (χ2n) is 8.46. The van der Waals surface area contributed by atoms with Gasteiger partial charge in [0, 0.05) is 29.6 Å². The van der Waals surface area contributed by atoms with Crippen molar-refractivity contribution in [2.45, 2.75) is 45.6 Å². The number of aromatic nitrogens is 2. The number of nitrogens with zero attached hydrogens (tertiary/aromatic N) is 1. The SMILES string of the molecule is CC(C)(C)OC(=O)NCCCCC(=O)Nc1cccc(-c2n[nH]c(=O)c3ccccc23)c1. The molecule has 0 unspecified atom stereocenters. The minimum absolute atomic E-state index is 0.112. The van der Waals surface area contributed by atoms with Crippen LogP contribution in [0.3, 0.4) is 0 Å². The maximum Gasteiger partial charge on any atom is 0.407 e. The molecule has 0 bridgehead atoms. The van der Waals surface area contributed by atoms with Crippen LogP contribution in [0.25, 0.3) is 22.0 Å². The number of amides is 2. The highest BCUT2D eigenvalue weighted by Crippen LogP contribution is 2.26. The molecular weight excluding hydrogens is 408 g/mol. The molecule has 3 rings (SSSR count). The highest BCUT2D eigenvalue weighted by Gasteiger charge is 2.15. The van der Waals surface area contributed by atoms with Crippen molar-refractivity contribution in [2.75, 3.05) is 11.9 Å². The lowest BCUT2D eigenvalue weighted by Crippen LogP contribution is -2.33. The van der Waals surface area contributed by atoms with E-state index in [0.717, 1.165) is 10.9 Å². The third kappa shape index (κ3) is 6.41. The average Bonchev–Trinajstić information content (AvgIpc) is 2.73. The number of carbonyl (C=O) groups is 2. The Balaban J connectivity index is 1.55. The first-order valence-electron chi connectivity index (χ1n) is 10.6. The number of unbranched alkanes of at least 4 members (excludes halogenated alkanes) is 1. The number of rotatable bonds is 7. The normalized spacial score (nSPS) is 11.2. The fraction of sp³-hybridized carbons (Fsp3) is 0.333. The second-order valence-corrected chi connectivity index (χ2v) is 8.46. The summed E-state index contributed by atoms with van der Waals surface area (Å²) in [5, 5.41) is 13.6. The molecule has 32 heavy (non-hydrogen) atoms. The lowest BCUT2D eigenvalue weighted by atomic mass is 10.0. The van der Waals surface area contributed by atoms with Gasteiger partial charge in [0.15, 0.2) is 0 Å². The van der Waals surface area contributed by atoms with Gasteiger partial charge < -0.3 is 15.4 Å². The predicted molar refractivity (Wildman–Crippen MR) is 125 cm³/mol. The van der Waals surface area contributed by atoms with Crippen molar-refractivity contribution in [1.29, 1.82) is 0 Å². The first-order chi connectivity index (χ1) is 15.2. The summed E-state index contributed by atoms with van der Waals surface area (Å²) in [4.78, 5) is 35.9. The Kier molecular flexibility index (Phi) is 7.25. The van der Waals surface area contributed by atoms with Crippen molar-refractivity contribution in [2.24, 2.45) is 0 Å². The van der Waals surface area contributed by atoms with Gasteiger partial charge in [-0.25, -0.2) is 9.89 Å². The molecule has 8 heteroatoms. The monoisotopic (exact) mass is 436 g/mol. The molecule has 1 aromatic heterocycles. The van der Waals surface area contributed by atoms with Gasteiger partial charge >= 0.3 is 6.09 Å². The van der Waals surface area contributed by atoms with Crippen LogP contribution in [0.5, 0.6) is 0 Å². The van der Waals surface area contributed by atoms with Gasteiger partial charge in [0.25, 0.3) is 5.56 Å². The number of H-pyrrole nitrogens is 1. The molecule has 3 aromatic rings. The number of nitrogens with one attached hydrogen (secondary N) is 3. The van der Waals surface area contributed by atoms with Crippen molar-refractivity contribution < 1.29 is 14.3 Å². The minimum atomic E-state index is -0.532. The van der Waals surface area contributed by atoms with Gasteiger partial charge in [0.1, 0.15) is 5.60 Å². The fourth-order valence-electron chi connectivity index (χ4n) is 3.22. The van der Waals surface area contributed by atoms with Crippen molar-refractivity contribution >= 4 is 28.5 Å². The molecule has 2 amide bonds. The molecule has 8 nitrogen and oxygen atoms in total. The van der Waals surface area contributed by atoms with Crippen molar-refractivity contribution in [3.8, 4) is 11.3 Å². The first-order valence-corrected chi connectivity index (χ1v) is 10.6. The van der Waals surface area contributed by atoms with E-state index < -0.39 is 11.7 Å². The van der Waals surface area contributed by atoms with Gasteiger partial charge in [0.2, 0.25) is 5.91 Å². The third-order valence-electron chi connectivity index (χ3n) is 4.61. The number of ether oxygens (including phenoxy) is 1. The second kappa shape index (κ2) is 10.1. The largest absolute Gasteiger partial charge is 0.444 e. The smallest absolute Gasteiger partial charge is 0.407 e. The maximum absolute atomic E-state index is 12.3. The van der Waals surface area contributed by atoms with E-state index in [-0.39, 0.29) is 11.5 Å². The Hall–Kier alpha value is -3.68. The van der Waals surface area contributed by atoms with E-state index in [9.17, 15) is 14.4 Å². The summed E-state index contributed by atoms with van der Waals surface area (Å²) in [6.07, 6.45) is 1.18. The Morgan fingerprint density at radius 1 is 1.03 bits per heavy atom. The fourth-order valence-corrected chi connectivity index (χ4v) is 3.22. The molecule has 168 valence electrons. The van der Waals surface area contributed by atoms with Gasteiger partial charge in [-0.2, -0.15) is 5.10 Å². The molecule has 0 radical (unpaired) electrons. The van der Waals surface area contributed by atoms with Gasteiger partial charge in [-0.05, 0) is 51.8 Å². The number of fused-ring (bicyclic) bond motifs is 1. The highest BCUT2D eigenvalue weighted by atomic mass is 16.6. The van der Waals surface area contributed by atoms with Crippen molar-refractivity contribution in [1.82, 2.24) is 15.5 Å². The van der Waals surface area contributed by atoms with E-state index in [1.54, 1.807) is 18.2 Å². The zero-order valence-corrected chi connectivity index (χ0v) is 18.5. The number of hydrogen-bond acceptors (Lipinski definition) is 5.